The topological polar surface area (TPSA) is 73.7 Å². The number of para-hydroxylation sites is 1. The van der Waals surface area contributed by atoms with E-state index in [2.05, 4.69) is 16.8 Å². The van der Waals surface area contributed by atoms with Gasteiger partial charge in [-0.25, -0.2) is 13.4 Å². The second-order valence-corrected chi connectivity index (χ2v) is 9.66. The van der Waals surface area contributed by atoms with Crippen LogP contribution in [0, 0.1) is 5.92 Å². The van der Waals surface area contributed by atoms with Crippen LogP contribution < -0.4 is 4.74 Å². The van der Waals surface area contributed by atoms with Crippen LogP contribution in [0.5, 0.6) is 5.75 Å². The molecule has 29 heavy (non-hydrogen) atoms. The molecular weight excluding hydrogens is 390 g/mol. The summed E-state index contributed by atoms with van der Waals surface area (Å²) in [5.41, 5.74) is 1.95. The van der Waals surface area contributed by atoms with Gasteiger partial charge in [-0.05, 0) is 38.8 Å². The minimum Gasteiger partial charge on any atom is -0.496 e. The van der Waals surface area contributed by atoms with E-state index in [1.807, 2.05) is 31.3 Å². The quantitative estimate of drug-likeness (QED) is 0.555. The number of rotatable bonds is 11. The number of aromatic nitrogens is 2. The van der Waals surface area contributed by atoms with Crippen molar-refractivity contribution in [3.05, 3.63) is 41.7 Å². The molecule has 160 valence electrons. The van der Waals surface area contributed by atoms with Crippen LogP contribution in [0.25, 0.3) is 0 Å². The first kappa shape index (κ1) is 21.8. The molecule has 1 atom stereocenters. The molecule has 7 nitrogen and oxygen atoms in total. The number of hydrogen-bond donors (Lipinski definition) is 0. The smallest absolute Gasteiger partial charge is 0.227 e. The monoisotopic (exact) mass is 421 g/mol. The second-order valence-electron chi connectivity index (χ2n) is 7.73. The van der Waals surface area contributed by atoms with Crippen molar-refractivity contribution >= 4 is 9.84 Å². The fourth-order valence-corrected chi connectivity index (χ4v) is 5.36. The molecular formula is C21H31N3O4S. The normalized spacial score (nSPS) is 15.6. The van der Waals surface area contributed by atoms with Gasteiger partial charge in [0, 0.05) is 31.8 Å². The molecule has 1 aromatic carbocycles. The summed E-state index contributed by atoms with van der Waals surface area (Å²) < 4.78 is 38.2. The maximum absolute atomic E-state index is 12.9. The molecule has 0 aliphatic heterocycles. The molecule has 8 heteroatoms. The summed E-state index contributed by atoms with van der Waals surface area (Å²) in [5, 5.41) is 0.162. The highest BCUT2D eigenvalue weighted by atomic mass is 32.2. The number of imidazole rings is 1. The predicted octanol–water partition coefficient (Wildman–Crippen LogP) is 2.91. The van der Waals surface area contributed by atoms with E-state index < -0.39 is 9.84 Å². The van der Waals surface area contributed by atoms with E-state index in [0.717, 1.165) is 29.8 Å². The van der Waals surface area contributed by atoms with E-state index in [9.17, 15) is 8.42 Å². The number of methoxy groups -OCH3 is 2. The van der Waals surface area contributed by atoms with Gasteiger partial charge in [-0.3, -0.25) is 4.90 Å². The number of ether oxygens (including phenoxy) is 2. The summed E-state index contributed by atoms with van der Waals surface area (Å²) in [4.78, 5) is 6.47. The van der Waals surface area contributed by atoms with Crippen molar-refractivity contribution in [1.29, 1.82) is 0 Å². The lowest BCUT2D eigenvalue weighted by Gasteiger charge is -2.26. The largest absolute Gasteiger partial charge is 0.496 e. The molecule has 1 aromatic heterocycles. The zero-order valence-electron chi connectivity index (χ0n) is 17.7. The van der Waals surface area contributed by atoms with Crippen molar-refractivity contribution in [2.45, 2.75) is 44.1 Å². The molecule has 1 heterocycles. The van der Waals surface area contributed by atoms with E-state index in [-0.39, 0.29) is 22.9 Å². The highest BCUT2D eigenvalue weighted by Gasteiger charge is 2.32. The summed E-state index contributed by atoms with van der Waals surface area (Å²) in [6, 6.07) is 8.03. The van der Waals surface area contributed by atoms with Gasteiger partial charge < -0.3 is 14.0 Å². The molecule has 0 N–H and O–H groups in total. The van der Waals surface area contributed by atoms with Crippen LogP contribution in [0.1, 0.15) is 37.1 Å². The SMILES string of the molecule is COCCn1c(CN(C)C(C)c2ccccc2OC)cnc1S(=O)(=O)CC1CC1. The highest BCUT2D eigenvalue weighted by Crippen LogP contribution is 2.33. The van der Waals surface area contributed by atoms with Crippen LogP contribution >= 0.6 is 0 Å². The first-order valence-electron chi connectivity index (χ1n) is 9.96. The molecule has 1 unspecified atom stereocenters. The lowest BCUT2D eigenvalue weighted by atomic mass is 10.1. The molecule has 1 aliphatic rings. The Balaban J connectivity index is 1.83. The zero-order valence-corrected chi connectivity index (χ0v) is 18.5. The summed E-state index contributed by atoms with van der Waals surface area (Å²) in [6.45, 7) is 3.57. The summed E-state index contributed by atoms with van der Waals surface area (Å²) in [7, 11) is 1.90. The third-order valence-corrected chi connectivity index (χ3v) is 7.30. The molecule has 0 radical (unpaired) electrons. The summed E-state index contributed by atoms with van der Waals surface area (Å²) in [6.07, 6.45) is 3.66. The average Bonchev–Trinajstić information content (AvgIpc) is 3.42. The van der Waals surface area contributed by atoms with Gasteiger partial charge in [0.1, 0.15) is 5.75 Å². The van der Waals surface area contributed by atoms with Crippen molar-refractivity contribution in [3.63, 3.8) is 0 Å². The van der Waals surface area contributed by atoms with Crippen molar-refractivity contribution in [2.75, 3.05) is 33.6 Å². The van der Waals surface area contributed by atoms with E-state index in [0.29, 0.717) is 19.7 Å². The molecule has 1 fully saturated rings. The van der Waals surface area contributed by atoms with E-state index in [4.69, 9.17) is 9.47 Å². The molecule has 0 saturated heterocycles. The fourth-order valence-electron chi connectivity index (χ4n) is 3.50. The van der Waals surface area contributed by atoms with Crippen molar-refractivity contribution in [2.24, 2.45) is 5.92 Å². The minimum atomic E-state index is -3.40. The number of benzene rings is 1. The summed E-state index contributed by atoms with van der Waals surface area (Å²) >= 11 is 0. The van der Waals surface area contributed by atoms with Gasteiger partial charge >= 0.3 is 0 Å². The van der Waals surface area contributed by atoms with Gasteiger partial charge in [0.15, 0.2) is 0 Å². The van der Waals surface area contributed by atoms with Crippen LogP contribution in [0.4, 0.5) is 0 Å². The van der Waals surface area contributed by atoms with Gasteiger partial charge in [0.05, 0.1) is 31.4 Å². The van der Waals surface area contributed by atoms with Crippen LogP contribution in [-0.4, -0.2) is 56.5 Å². The Labute approximate surface area is 173 Å². The summed E-state index contributed by atoms with van der Waals surface area (Å²) in [5.74, 6) is 1.31. The highest BCUT2D eigenvalue weighted by molar-refractivity contribution is 7.91. The zero-order chi connectivity index (χ0) is 21.0. The lowest BCUT2D eigenvalue weighted by Crippen LogP contribution is -2.25. The second kappa shape index (κ2) is 9.28. The van der Waals surface area contributed by atoms with Crippen LogP contribution in [0.3, 0.4) is 0 Å². The van der Waals surface area contributed by atoms with Gasteiger partial charge in [-0.2, -0.15) is 0 Å². The molecule has 0 amide bonds. The molecule has 1 aliphatic carbocycles. The van der Waals surface area contributed by atoms with Crippen LogP contribution in [0.2, 0.25) is 0 Å². The first-order chi connectivity index (χ1) is 13.9. The molecule has 0 bridgehead atoms. The van der Waals surface area contributed by atoms with Gasteiger partial charge in [0.2, 0.25) is 15.0 Å². The maximum Gasteiger partial charge on any atom is 0.227 e. The third kappa shape index (κ3) is 5.18. The minimum absolute atomic E-state index is 0.0865. The number of hydrogen-bond acceptors (Lipinski definition) is 6. The van der Waals surface area contributed by atoms with Crippen molar-refractivity contribution < 1.29 is 17.9 Å². The third-order valence-electron chi connectivity index (χ3n) is 5.51. The number of sulfone groups is 1. The number of nitrogens with zero attached hydrogens (tertiary/aromatic N) is 3. The standard InChI is InChI=1S/C21H31N3O4S/c1-16(19-7-5-6-8-20(19)28-4)23(2)14-18-13-22-21(24(18)11-12-27-3)29(25,26)15-17-9-10-17/h5-8,13,16-17H,9-12,14-15H2,1-4H3. The van der Waals surface area contributed by atoms with E-state index in [1.54, 1.807) is 25.0 Å². The Morgan fingerprint density at radius 2 is 2.00 bits per heavy atom. The van der Waals surface area contributed by atoms with Gasteiger partial charge in [-0.15, -0.1) is 0 Å². The Kier molecular flexibility index (Phi) is 6.97. The Morgan fingerprint density at radius 1 is 1.28 bits per heavy atom. The fraction of sp³-hybridized carbons (Fsp3) is 0.571. The Morgan fingerprint density at radius 3 is 2.66 bits per heavy atom. The van der Waals surface area contributed by atoms with E-state index in [1.165, 1.54) is 0 Å². The van der Waals surface area contributed by atoms with Crippen molar-refractivity contribution in [1.82, 2.24) is 14.5 Å². The van der Waals surface area contributed by atoms with Crippen molar-refractivity contribution in [3.8, 4) is 5.75 Å². The van der Waals surface area contributed by atoms with Gasteiger partial charge in [-0.1, -0.05) is 18.2 Å². The first-order valence-corrected chi connectivity index (χ1v) is 11.6. The van der Waals surface area contributed by atoms with Crippen LogP contribution in [-0.2, 0) is 27.7 Å². The van der Waals surface area contributed by atoms with Crippen LogP contribution in [0.15, 0.2) is 35.6 Å². The predicted molar refractivity (Wildman–Crippen MR) is 112 cm³/mol. The molecule has 3 rings (SSSR count). The Bertz CT molecular complexity index is 922. The molecule has 1 saturated carbocycles. The molecule has 2 aromatic rings. The lowest BCUT2D eigenvalue weighted by molar-refractivity contribution is 0.180. The Hall–Kier alpha value is -1.90. The maximum atomic E-state index is 12.9. The average molecular weight is 422 g/mol. The van der Waals surface area contributed by atoms with E-state index >= 15 is 0 Å². The van der Waals surface area contributed by atoms with Gasteiger partial charge in [0.25, 0.3) is 0 Å². The molecule has 0 spiro atoms.